The number of rotatable bonds is 7. The van der Waals surface area contributed by atoms with Crippen molar-refractivity contribution in [3.8, 4) is 0 Å². The molecule has 0 N–H and O–H groups in total. The number of hydrogen-bond donors (Lipinski definition) is 0. The van der Waals surface area contributed by atoms with E-state index in [9.17, 15) is 19.2 Å². The highest BCUT2D eigenvalue weighted by atomic mass is 16.5. The highest BCUT2D eigenvalue weighted by Crippen LogP contribution is 2.45. The van der Waals surface area contributed by atoms with E-state index in [0.29, 0.717) is 16.8 Å². The van der Waals surface area contributed by atoms with E-state index >= 15 is 0 Å². The first-order chi connectivity index (χ1) is 15.9. The van der Waals surface area contributed by atoms with Crippen molar-refractivity contribution in [2.75, 3.05) is 12.0 Å². The molecule has 0 saturated carbocycles. The van der Waals surface area contributed by atoms with Crippen LogP contribution in [0, 0.1) is 5.92 Å². The summed E-state index contributed by atoms with van der Waals surface area (Å²) in [6.07, 6.45) is -0.310. The van der Waals surface area contributed by atoms with Crippen LogP contribution in [0.4, 0.5) is 5.69 Å². The molecule has 166 valence electrons. The molecule has 3 aromatic rings. The Morgan fingerprint density at radius 1 is 0.848 bits per heavy atom. The number of para-hydroxylation sites is 1. The van der Waals surface area contributed by atoms with Crippen molar-refractivity contribution >= 4 is 28.9 Å². The number of carbonyl (C=O) groups excluding carboxylic acids is 4. The molecule has 6 nitrogen and oxygen atoms in total. The van der Waals surface area contributed by atoms with Crippen LogP contribution in [0.2, 0.25) is 0 Å². The molecule has 0 fully saturated rings. The first-order valence-electron chi connectivity index (χ1n) is 10.6. The normalized spacial score (nSPS) is 18.0. The van der Waals surface area contributed by atoms with Crippen molar-refractivity contribution in [2.45, 2.75) is 19.1 Å². The van der Waals surface area contributed by atoms with Crippen LogP contribution in [-0.4, -0.2) is 36.1 Å². The molecule has 0 aromatic heterocycles. The molecule has 0 spiro atoms. The molecule has 1 aliphatic rings. The molecule has 4 rings (SSSR count). The summed E-state index contributed by atoms with van der Waals surface area (Å²) in [6, 6.07) is 23.6. The topological polar surface area (TPSA) is 80.8 Å². The number of ketones is 3. The Labute approximate surface area is 191 Å². The van der Waals surface area contributed by atoms with Crippen LogP contribution in [0.1, 0.15) is 44.4 Å². The van der Waals surface area contributed by atoms with E-state index in [1.54, 1.807) is 84.9 Å². The van der Waals surface area contributed by atoms with Crippen molar-refractivity contribution in [1.82, 2.24) is 0 Å². The minimum atomic E-state index is -1.98. The molecule has 1 heterocycles. The number of benzene rings is 3. The zero-order valence-electron chi connectivity index (χ0n) is 18.4. The molecular weight excluding hydrogens is 418 g/mol. The summed E-state index contributed by atoms with van der Waals surface area (Å²) in [4.78, 5) is 54.9. The zero-order valence-corrected chi connectivity index (χ0v) is 18.4. The van der Waals surface area contributed by atoms with Crippen LogP contribution in [-0.2, 0) is 9.53 Å². The first kappa shape index (κ1) is 22.3. The van der Waals surface area contributed by atoms with Gasteiger partial charge in [-0.3, -0.25) is 24.1 Å². The number of ether oxygens (including phenoxy) is 1. The third kappa shape index (κ3) is 3.68. The molecular formula is C27H23NO5. The standard InChI is InChI=1S/C27H23NO5/c1-18(29)28-23-16-10-9-15-21(23)26(32)27(28,33-2)22(25(31)20-13-7-4-8-14-20)17-24(30)19-11-5-3-6-12-19/h3-16,22H,17H2,1-2H3. The average Bonchev–Trinajstić information content (AvgIpc) is 3.12. The fourth-order valence-corrected chi connectivity index (χ4v) is 4.52. The number of carbonyl (C=O) groups is 4. The third-order valence-electron chi connectivity index (χ3n) is 6.01. The van der Waals surface area contributed by atoms with E-state index < -0.39 is 29.1 Å². The van der Waals surface area contributed by atoms with Gasteiger partial charge in [0.1, 0.15) is 0 Å². The monoisotopic (exact) mass is 441 g/mol. The minimum Gasteiger partial charge on any atom is -0.351 e. The van der Waals surface area contributed by atoms with Gasteiger partial charge in [0.2, 0.25) is 17.4 Å². The second kappa shape index (κ2) is 8.92. The van der Waals surface area contributed by atoms with Gasteiger partial charge in [-0.05, 0) is 12.1 Å². The Kier molecular flexibility index (Phi) is 6.03. The van der Waals surface area contributed by atoms with E-state index in [0.717, 1.165) is 0 Å². The number of amides is 1. The van der Waals surface area contributed by atoms with E-state index in [1.807, 2.05) is 0 Å². The average molecular weight is 441 g/mol. The molecule has 0 radical (unpaired) electrons. The van der Waals surface area contributed by atoms with Crippen molar-refractivity contribution in [2.24, 2.45) is 5.92 Å². The van der Waals surface area contributed by atoms with Gasteiger partial charge in [0.15, 0.2) is 11.6 Å². The smallest absolute Gasteiger partial charge is 0.226 e. The fourth-order valence-electron chi connectivity index (χ4n) is 4.52. The lowest BCUT2D eigenvalue weighted by atomic mass is 9.80. The second-order valence-corrected chi connectivity index (χ2v) is 7.88. The van der Waals surface area contributed by atoms with Crippen LogP contribution < -0.4 is 4.90 Å². The van der Waals surface area contributed by atoms with Gasteiger partial charge in [-0.2, -0.15) is 0 Å². The molecule has 33 heavy (non-hydrogen) atoms. The molecule has 0 bridgehead atoms. The molecule has 3 aromatic carbocycles. The molecule has 1 amide bonds. The van der Waals surface area contributed by atoms with Crippen LogP contribution >= 0.6 is 0 Å². The highest BCUT2D eigenvalue weighted by Gasteiger charge is 2.61. The Morgan fingerprint density at radius 2 is 1.39 bits per heavy atom. The molecule has 0 aliphatic carbocycles. The zero-order chi connectivity index (χ0) is 23.6. The first-order valence-corrected chi connectivity index (χ1v) is 10.6. The van der Waals surface area contributed by atoms with Crippen molar-refractivity contribution in [3.05, 3.63) is 102 Å². The summed E-state index contributed by atoms with van der Waals surface area (Å²) in [5.41, 5.74) is -0.617. The Bertz CT molecular complexity index is 1220. The number of methoxy groups -OCH3 is 1. The predicted molar refractivity (Wildman–Crippen MR) is 123 cm³/mol. The van der Waals surface area contributed by atoms with Crippen molar-refractivity contribution in [3.63, 3.8) is 0 Å². The van der Waals surface area contributed by atoms with Gasteiger partial charge in [0, 0.05) is 37.1 Å². The van der Waals surface area contributed by atoms with Gasteiger partial charge >= 0.3 is 0 Å². The summed E-state index contributed by atoms with van der Waals surface area (Å²) < 4.78 is 5.79. The van der Waals surface area contributed by atoms with E-state index in [-0.39, 0.29) is 17.8 Å². The summed E-state index contributed by atoms with van der Waals surface area (Å²) in [5.74, 6) is -3.02. The van der Waals surface area contributed by atoms with Gasteiger partial charge in [-0.1, -0.05) is 72.8 Å². The van der Waals surface area contributed by atoms with Gasteiger partial charge in [0.05, 0.1) is 11.6 Å². The number of hydrogen-bond acceptors (Lipinski definition) is 5. The largest absolute Gasteiger partial charge is 0.351 e. The number of Topliss-reactive ketones (excluding diaryl/α,β-unsaturated/α-hetero) is 3. The fraction of sp³-hybridized carbons (Fsp3) is 0.185. The summed E-state index contributed by atoms with van der Waals surface area (Å²) in [6.45, 7) is 1.31. The van der Waals surface area contributed by atoms with E-state index in [2.05, 4.69) is 0 Å². The van der Waals surface area contributed by atoms with Gasteiger partial charge in [0.25, 0.3) is 0 Å². The highest BCUT2D eigenvalue weighted by molar-refractivity contribution is 6.22. The lowest BCUT2D eigenvalue weighted by Crippen LogP contribution is -2.61. The SMILES string of the molecule is COC1(C(CC(=O)c2ccccc2)C(=O)c2ccccc2)C(=O)c2ccccc2N1C(C)=O. The lowest BCUT2D eigenvalue weighted by Gasteiger charge is -2.40. The number of anilines is 1. The molecule has 2 unspecified atom stereocenters. The third-order valence-corrected chi connectivity index (χ3v) is 6.01. The minimum absolute atomic E-state index is 0.271. The molecule has 0 saturated heterocycles. The van der Waals surface area contributed by atoms with Crippen LogP contribution in [0.15, 0.2) is 84.9 Å². The number of nitrogens with zero attached hydrogens (tertiary/aromatic N) is 1. The van der Waals surface area contributed by atoms with Crippen molar-refractivity contribution < 1.29 is 23.9 Å². The van der Waals surface area contributed by atoms with E-state index in [1.165, 1.54) is 18.9 Å². The molecule has 1 aliphatic heterocycles. The van der Waals surface area contributed by atoms with Crippen LogP contribution in [0.5, 0.6) is 0 Å². The summed E-state index contributed by atoms with van der Waals surface area (Å²) in [5, 5.41) is 0. The quantitative estimate of drug-likeness (QED) is 0.509. The molecule has 2 atom stereocenters. The lowest BCUT2D eigenvalue weighted by molar-refractivity contribution is -0.122. The summed E-state index contributed by atoms with van der Waals surface area (Å²) in [7, 11) is 1.29. The maximum Gasteiger partial charge on any atom is 0.226 e. The van der Waals surface area contributed by atoms with E-state index in [4.69, 9.17) is 4.74 Å². The summed E-state index contributed by atoms with van der Waals surface area (Å²) >= 11 is 0. The Morgan fingerprint density at radius 3 is 1.97 bits per heavy atom. The van der Waals surface area contributed by atoms with Gasteiger partial charge in [-0.25, -0.2) is 0 Å². The van der Waals surface area contributed by atoms with Crippen LogP contribution in [0.25, 0.3) is 0 Å². The molecule has 6 heteroatoms. The van der Waals surface area contributed by atoms with Gasteiger partial charge < -0.3 is 4.74 Å². The van der Waals surface area contributed by atoms with Crippen molar-refractivity contribution in [1.29, 1.82) is 0 Å². The van der Waals surface area contributed by atoms with Gasteiger partial charge in [-0.15, -0.1) is 0 Å². The number of fused-ring (bicyclic) bond motifs is 1. The maximum atomic E-state index is 13.8. The van der Waals surface area contributed by atoms with Crippen LogP contribution in [0.3, 0.4) is 0 Å². The Balaban J connectivity index is 1.89. The Hall–Kier alpha value is -3.90. The maximum absolute atomic E-state index is 13.8. The second-order valence-electron chi connectivity index (χ2n) is 7.88. The predicted octanol–water partition coefficient (Wildman–Crippen LogP) is 4.35.